The lowest BCUT2D eigenvalue weighted by Gasteiger charge is -2.06. The zero-order valence-corrected chi connectivity index (χ0v) is 6.54. The van der Waals surface area contributed by atoms with Crippen LogP contribution in [0, 0.1) is 0 Å². The van der Waals surface area contributed by atoms with Gasteiger partial charge in [0.2, 0.25) is 0 Å². The van der Waals surface area contributed by atoms with E-state index in [1.807, 2.05) is 0 Å². The third-order valence-electron chi connectivity index (χ3n) is 1.32. The molecule has 0 atom stereocenters. The molecule has 0 rings (SSSR count). The average molecular weight is 160 g/mol. The van der Waals surface area contributed by atoms with Crippen molar-refractivity contribution < 1.29 is 14.6 Å². The van der Waals surface area contributed by atoms with Crippen molar-refractivity contribution in [1.82, 2.24) is 0 Å². The number of unbranched alkanes of at least 4 members (excludes halogenated alkanes) is 3. The van der Waals surface area contributed by atoms with Crippen molar-refractivity contribution in [1.29, 1.82) is 0 Å². The standard InChI is InChI=1S/C7H15NO3/c8-5-3-1-2-4-6-11-7(9)10/h1-6,8H2,(H,9,10)/p-1. The summed E-state index contributed by atoms with van der Waals surface area (Å²) in [5.74, 6) is 0. The normalized spacial score (nSPS) is 9.55. The Morgan fingerprint density at radius 2 is 1.91 bits per heavy atom. The Labute approximate surface area is 66.3 Å². The zero-order valence-electron chi connectivity index (χ0n) is 6.54. The van der Waals surface area contributed by atoms with Crippen molar-refractivity contribution in [3.63, 3.8) is 0 Å². The second-order valence-corrected chi connectivity index (χ2v) is 2.30. The fraction of sp³-hybridized carbons (Fsp3) is 0.857. The van der Waals surface area contributed by atoms with Gasteiger partial charge in [0.1, 0.15) is 0 Å². The summed E-state index contributed by atoms with van der Waals surface area (Å²) in [6, 6.07) is 0. The van der Waals surface area contributed by atoms with Gasteiger partial charge >= 0.3 is 0 Å². The van der Waals surface area contributed by atoms with Crippen LogP contribution in [0.25, 0.3) is 0 Å². The highest BCUT2D eigenvalue weighted by Gasteiger charge is 1.87. The number of carbonyl (C=O) groups is 1. The highest BCUT2D eigenvalue weighted by Crippen LogP contribution is 1.98. The molecule has 0 aromatic rings. The molecule has 0 amide bonds. The monoisotopic (exact) mass is 160 g/mol. The third-order valence-corrected chi connectivity index (χ3v) is 1.32. The molecule has 0 aliphatic heterocycles. The number of nitrogens with two attached hydrogens (primary N) is 1. The van der Waals surface area contributed by atoms with E-state index < -0.39 is 6.16 Å². The molecule has 4 heteroatoms. The first-order valence-electron chi connectivity index (χ1n) is 3.81. The lowest BCUT2D eigenvalue weighted by molar-refractivity contribution is -0.282. The van der Waals surface area contributed by atoms with E-state index in [1.165, 1.54) is 0 Å². The number of hydrogen-bond donors (Lipinski definition) is 1. The second kappa shape index (κ2) is 7.34. The molecule has 0 unspecified atom stereocenters. The summed E-state index contributed by atoms with van der Waals surface area (Å²) >= 11 is 0. The summed E-state index contributed by atoms with van der Waals surface area (Å²) in [6.07, 6.45) is 2.31. The molecule has 0 aliphatic carbocycles. The molecule has 11 heavy (non-hydrogen) atoms. The fourth-order valence-electron chi connectivity index (χ4n) is 0.755. The van der Waals surface area contributed by atoms with Gasteiger partial charge in [-0.05, 0) is 19.4 Å². The van der Waals surface area contributed by atoms with E-state index in [4.69, 9.17) is 5.73 Å². The summed E-state index contributed by atoms with van der Waals surface area (Å²) < 4.78 is 4.20. The van der Waals surface area contributed by atoms with Crippen LogP contribution in [-0.4, -0.2) is 19.3 Å². The number of carboxylic acid groups (broad SMARTS) is 1. The summed E-state index contributed by atoms with van der Waals surface area (Å²) in [6.45, 7) is 0.939. The third kappa shape index (κ3) is 9.23. The van der Waals surface area contributed by atoms with Gasteiger partial charge < -0.3 is 20.4 Å². The first kappa shape index (κ1) is 10.2. The Kier molecular flexibility index (Phi) is 6.82. The zero-order chi connectivity index (χ0) is 8.53. The van der Waals surface area contributed by atoms with Crippen LogP contribution >= 0.6 is 0 Å². The number of hydrogen-bond acceptors (Lipinski definition) is 4. The highest BCUT2D eigenvalue weighted by atomic mass is 16.7. The van der Waals surface area contributed by atoms with Gasteiger partial charge in [0.15, 0.2) is 0 Å². The van der Waals surface area contributed by atoms with Gasteiger partial charge in [-0.25, -0.2) is 0 Å². The SMILES string of the molecule is NCCCCCCOC(=O)[O-]. The largest absolute Gasteiger partial charge is 0.550 e. The minimum atomic E-state index is -1.44. The molecule has 0 fully saturated rings. The van der Waals surface area contributed by atoms with Gasteiger partial charge in [0.25, 0.3) is 6.16 Å². The molecule has 4 nitrogen and oxygen atoms in total. The van der Waals surface area contributed by atoms with Gasteiger partial charge in [0.05, 0.1) is 0 Å². The smallest absolute Gasteiger partial charge is 0.251 e. The van der Waals surface area contributed by atoms with Gasteiger partial charge in [0, 0.05) is 6.61 Å². The Hall–Kier alpha value is -0.770. The van der Waals surface area contributed by atoms with Crippen LogP contribution in [-0.2, 0) is 4.74 Å². The number of rotatable bonds is 6. The van der Waals surface area contributed by atoms with E-state index in [0.29, 0.717) is 6.54 Å². The maximum atomic E-state index is 9.73. The molecule has 0 radical (unpaired) electrons. The molecule has 0 spiro atoms. The van der Waals surface area contributed by atoms with Crippen molar-refractivity contribution in [2.75, 3.05) is 13.2 Å². The van der Waals surface area contributed by atoms with Crippen molar-refractivity contribution in [2.45, 2.75) is 25.7 Å². The van der Waals surface area contributed by atoms with Gasteiger partial charge in [-0.15, -0.1) is 0 Å². The van der Waals surface area contributed by atoms with Gasteiger partial charge in [-0.1, -0.05) is 12.8 Å². The van der Waals surface area contributed by atoms with E-state index in [-0.39, 0.29) is 6.61 Å². The lowest BCUT2D eigenvalue weighted by Crippen LogP contribution is -2.23. The quantitative estimate of drug-likeness (QED) is 0.433. The summed E-state index contributed by atoms with van der Waals surface area (Å²) in [7, 11) is 0. The van der Waals surface area contributed by atoms with Crippen LogP contribution in [0.3, 0.4) is 0 Å². The van der Waals surface area contributed by atoms with Gasteiger partial charge in [-0.2, -0.15) is 0 Å². The lowest BCUT2D eigenvalue weighted by atomic mass is 10.2. The molecule has 66 valence electrons. The van der Waals surface area contributed by atoms with Crippen molar-refractivity contribution in [3.05, 3.63) is 0 Å². The fourth-order valence-corrected chi connectivity index (χ4v) is 0.755. The Morgan fingerprint density at radius 3 is 2.45 bits per heavy atom. The van der Waals surface area contributed by atoms with Gasteiger partial charge in [-0.3, -0.25) is 0 Å². The summed E-state index contributed by atoms with van der Waals surface area (Å²) in [5.41, 5.74) is 5.26. The predicted molar refractivity (Wildman–Crippen MR) is 38.9 cm³/mol. The molecule has 0 aromatic carbocycles. The minimum Gasteiger partial charge on any atom is -0.550 e. The predicted octanol–water partition coefficient (Wildman–Crippen LogP) is -0.135. The molecule has 0 bridgehead atoms. The van der Waals surface area contributed by atoms with E-state index in [0.717, 1.165) is 25.7 Å². The maximum absolute atomic E-state index is 9.73. The Bertz CT molecular complexity index is 106. The topological polar surface area (TPSA) is 75.4 Å². The average Bonchev–Trinajstić information content (AvgIpc) is 1.96. The highest BCUT2D eigenvalue weighted by molar-refractivity contribution is 5.53. The second-order valence-electron chi connectivity index (χ2n) is 2.30. The molecule has 0 aromatic heterocycles. The van der Waals surface area contributed by atoms with Crippen LogP contribution in [0.4, 0.5) is 4.79 Å². The molecular weight excluding hydrogens is 146 g/mol. The summed E-state index contributed by atoms with van der Waals surface area (Å²) in [5, 5.41) is 9.73. The molecule has 2 N–H and O–H groups in total. The number of ether oxygens (including phenoxy) is 1. The van der Waals surface area contributed by atoms with E-state index in [1.54, 1.807) is 0 Å². The van der Waals surface area contributed by atoms with E-state index in [9.17, 15) is 9.90 Å². The van der Waals surface area contributed by atoms with Crippen molar-refractivity contribution >= 4 is 6.16 Å². The van der Waals surface area contributed by atoms with Crippen LogP contribution in [0.5, 0.6) is 0 Å². The van der Waals surface area contributed by atoms with E-state index in [2.05, 4.69) is 4.74 Å². The molecule has 0 saturated heterocycles. The first-order chi connectivity index (χ1) is 5.27. The van der Waals surface area contributed by atoms with Crippen molar-refractivity contribution in [2.24, 2.45) is 5.73 Å². The molecule has 0 saturated carbocycles. The van der Waals surface area contributed by atoms with Crippen LogP contribution in [0.2, 0.25) is 0 Å². The van der Waals surface area contributed by atoms with Crippen molar-refractivity contribution in [3.8, 4) is 0 Å². The maximum Gasteiger partial charge on any atom is 0.251 e. The minimum absolute atomic E-state index is 0.243. The van der Waals surface area contributed by atoms with Crippen LogP contribution < -0.4 is 10.8 Å². The molecule has 0 aliphatic rings. The Balaban J connectivity index is 2.85. The summed E-state index contributed by atoms with van der Waals surface area (Å²) in [4.78, 5) is 9.73. The number of carbonyl (C=O) groups excluding carboxylic acids is 1. The molecular formula is C7H14NO3-. The van der Waals surface area contributed by atoms with Crippen LogP contribution in [0.15, 0.2) is 0 Å². The van der Waals surface area contributed by atoms with E-state index >= 15 is 0 Å². The first-order valence-corrected chi connectivity index (χ1v) is 3.81. The molecule has 0 heterocycles. The Morgan fingerprint density at radius 1 is 1.27 bits per heavy atom. The van der Waals surface area contributed by atoms with Crippen LogP contribution in [0.1, 0.15) is 25.7 Å².